The lowest BCUT2D eigenvalue weighted by Gasteiger charge is -2.24. The van der Waals surface area contributed by atoms with E-state index in [0.717, 1.165) is 40.2 Å². The number of amides is 3. The van der Waals surface area contributed by atoms with Crippen molar-refractivity contribution in [3.8, 4) is 5.69 Å². The van der Waals surface area contributed by atoms with Crippen LogP contribution in [0.5, 0.6) is 0 Å². The number of anilines is 2. The predicted octanol–water partition coefficient (Wildman–Crippen LogP) is 6.48. The quantitative estimate of drug-likeness (QED) is 0.369. The van der Waals surface area contributed by atoms with Gasteiger partial charge < -0.3 is 15.5 Å². The van der Waals surface area contributed by atoms with Crippen molar-refractivity contribution in [3.05, 3.63) is 70.9 Å². The van der Waals surface area contributed by atoms with Gasteiger partial charge >= 0.3 is 6.03 Å². The zero-order chi connectivity index (χ0) is 27.3. The van der Waals surface area contributed by atoms with Crippen LogP contribution in [0.15, 0.2) is 48.5 Å². The zero-order valence-corrected chi connectivity index (χ0v) is 23.5. The number of hydrogen-bond acceptors (Lipinski definition) is 3. The lowest BCUT2D eigenvalue weighted by Crippen LogP contribution is -2.42. The summed E-state index contributed by atoms with van der Waals surface area (Å²) < 4.78 is 1.79. The van der Waals surface area contributed by atoms with Gasteiger partial charge in [0, 0.05) is 23.7 Å². The van der Waals surface area contributed by atoms with Crippen molar-refractivity contribution >= 4 is 23.4 Å². The first-order valence-electron chi connectivity index (χ1n) is 13.0. The Morgan fingerprint density at radius 1 is 1.03 bits per heavy atom. The molecule has 198 valence electrons. The lowest BCUT2D eigenvalue weighted by atomic mass is 9.92. The van der Waals surface area contributed by atoms with Gasteiger partial charge in [0.25, 0.3) is 0 Å². The van der Waals surface area contributed by atoms with Crippen LogP contribution < -0.4 is 10.6 Å². The molecule has 0 saturated heterocycles. The summed E-state index contributed by atoms with van der Waals surface area (Å²) in [5, 5.41) is 10.8. The first-order chi connectivity index (χ1) is 17.4. The van der Waals surface area contributed by atoms with Gasteiger partial charge in [-0.2, -0.15) is 5.10 Å². The van der Waals surface area contributed by atoms with E-state index < -0.39 is 0 Å². The Morgan fingerprint density at radius 3 is 2.38 bits per heavy atom. The van der Waals surface area contributed by atoms with Crippen LogP contribution in [0.4, 0.5) is 16.3 Å². The second kappa shape index (κ2) is 11.6. The average Bonchev–Trinajstić information content (AvgIpc) is 3.22. The first kappa shape index (κ1) is 28.0. The Hall–Kier alpha value is -3.61. The average molecular weight is 504 g/mol. The maximum atomic E-state index is 13.3. The molecule has 0 radical (unpaired) electrons. The standard InChI is InChI=1S/C30H41N5O2/c1-9-23-11-10-12-24(16-23)31-29(37)34(18-20(2)3)19-28(36)32-27-17-26(30(6,7)8)33-35(27)25-14-13-21(4)15-22(25)5/h10-17,20H,9,18-19H2,1-8H3,(H,31,37)(H,32,36). The molecule has 3 aromatic rings. The topological polar surface area (TPSA) is 79.3 Å². The largest absolute Gasteiger partial charge is 0.322 e. The van der Waals surface area contributed by atoms with Crippen molar-refractivity contribution < 1.29 is 9.59 Å². The van der Waals surface area contributed by atoms with Gasteiger partial charge in [0.15, 0.2) is 0 Å². The number of benzene rings is 2. The number of nitrogens with zero attached hydrogens (tertiary/aromatic N) is 3. The fourth-order valence-corrected chi connectivity index (χ4v) is 4.15. The van der Waals surface area contributed by atoms with E-state index in [4.69, 9.17) is 5.10 Å². The monoisotopic (exact) mass is 503 g/mol. The molecule has 2 aromatic carbocycles. The Morgan fingerprint density at radius 2 is 1.76 bits per heavy atom. The molecule has 0 aliphatic rings. The van der Waals surface area contributed by atoms with Crippen LogP contribution in [-0.2, 0) is 16.6 Å². The highest BCUT2D eigenvalue weighted by atomic mass is 16.2. The summed E-state index contributed by atoms with van der Waals surface area (Å²) in [4.78, 5) is 28.0. The zero-order valence-electron chi connectivity index (χ0n) is 23.5. The Balaban J connectivity index is 1.84. The molecular weight excluding hydrogens is 462 g/mol. The van der Waals surface area contributed by atoms with E-state index in [-0.39, 0.29) is 29.8 Å². The number of nitrogens with one attached hydrogen (secondary N) is 2. The van der Waals surface area contributed by atoms with Gasteiger partial charge in [-0.25, -0.2) is 9.48 Å². The van der Waals surface area contributed by atoms with Crippen molar-refractivity contribution in [1.82, 2.24) is 14.7 Å². The highest BCUT2D eigenvalue weighted by molar-refractivity contribution is 5.96. The molecule has 2 N–H and O–H groups in total. The second-order valence-corrected chi connectivity index (χ2v) is 11.2. The molecular formula is C30H41N5O2. The summed E-state index contributed by atoms with van der Waals surface area (Å²) in [6.45, 7) is 16.9. The van der Waals surface area contributed by atoms with E-state index in [1.165, 1.54) is 0 Å². The normalized spacial score (nSPS) is 11.5. The van der Waals surface area contributed by atoms with Gasteiger partial charge in [-0.3, -0.25) is 4.79 Å². The molecule has 1 heterocycles. The number of rotatable bonds is 8. The molecule has 0 bridgehead atoms. The molecule has 7 nitrogen and oxygen atoms in total. The van der Waals surface area contributed by atoms with Crippen LogP contribution in [0.1, 0.15) is 63.9 Å². The van der Waals surface area contributed by atoms with Crippen LogP contribution in [0.2, 0.25) is 0 Å². The molecule has 0 spiro atoms. The SMILES string of the molecule is CCc1cccc(NC(=O)N(CC(=O)Nc2cc(C(C)(C)C)nn2-c2ccc(C)cc2C)CC(C)C)c1. The summed E-state index contributed by atoms with van der Waals surface area (Å²) in [6, 6.07) is 15.5. The molecule has 1 aromatic heterocycles. The maximum Gasteiger partial charge on any atom is 0.322 e. The lowest BCUT2D eigenvalue weighted by molar-refractivity contribution is -0.116. The fraction of sp³-hybridized carbons (Fsp3) is 0.433. The van der Waals surface area contributed by atoms with E-state index in [1.807, 2.05) is 63.2 Å². The van der Waals surface area contributed by atoms with Gasteiger partial charge in [0.2, 0.25) is 5.91 Å². The third-order valence-corrected chi connectivity index (χ3v) is 6.12. The van der Waals surface area contributed by atoms with Crippen LogP contribution >= 0.6 is 0 Å². The minimum Gasteiger partial charge on any atom is -0.315 e. The molecule has 0 unspecified atom stereocenters. The van der Waals surface area contributed by atoms with E-state index in [0.29, 0.717) is 12.4 Å². The smallest absolute Gasteiger partial charge is 0.315 e. The van der Waals surface area contributed by atoms with E-state index in [2.05, 4.69) is 51.3 Å². The van der Waals surface area contributed by atoms with Crippen LogP contribution in [-0.4, -0.2) is 39.7 Å². The molecule has 0 saturated carbocycles. The molecule has 0 fully saturated rings. The van der Waals surface area contributed by atoms with Crippen molar-refractivity contribution in [2.75, 3.05) is 23.7 Å². The predicted molar refractivity (Wildman–Crippen MR) is 152 cm³/mol. The van der Waals surface area contributed by atoms with Crippen LogP contribution in [0.3, 0.4) is 0 Å². The second-order valence-electron chi connectivity index (χ2n) is 11.2. The highest BCUT2D eigenvalue weighted by Gasteiger charge is 2.24. The van der Waals surface area contributed by atoms with Crippen LogP contribution in [0, 0.1) is 19.8 Å². The molecule has 3 amide bonds. The minimum atomic E-state index is -0.296. The number of urea groups is 1. The number of carbonyl (C=O) groups is 2. The van der Waals surface area contributed by atoms with Gasteiger partial charge in [0.1, 0.15) is 12.4 Å². The van der Waals surface area contributed by atoms with E-state index in [9.17, 15) is 9.59 Å². The maximum absolute atomic E-state index is 13.3. The van der Waals surface area contributed by atoms with Crippen molar-refractivity contribution in [3.63, 3.8) is 0 Å². The number of carbonyl (C=O) groups excluding carboxylic acids is 2. The minimum absolute atomic E-state index is 0.0691. The molecule has 0 aliphatic carbocycles. The summed E-state index contributed by atoms with van der Waals surface area (Å²) in [6.07, 6.45) is 0.881. The van der Waals surface area contributed by atoms with Crippen LogP contribution in [0.25, 0.3) is 5.69 Å². The summed E-state index contributed by atoms with van der Waals surface area (Å²) in [5.74, 6) is 0.515. The molecule has 0 atom stereocenters. The Kier molecular flexibility index (Phi) is 8.79. The molecule has 37 heavy (non-hydrogen) atoms. The van der Waals surface area contributed by atoms with Gasteiger partial charge in [0.05, 0.1) is 11.4 Å². The number of aromatic nitrogens is 2. The number of aryl methyl sites for hydroxylation is 3. The van der Waals surface area contributed by atoms with Gasteiger partial charge in [-0.05, 0) is 55.5 Å². The number of hydrogen-bond donors (Lipinski definition) is 2. The van der Waals surface area contributed by atoms with Crippen molar-refractivity contribution in [1.29, 1.82) is 0 Å². The van der Waals surface area contributed by atoms with Gasteiger partial charge in [-0.1, -0.05) is 71.4 Å². The van der Waals surface area contributed by atoms with Crippen molar-refractivity contribution in [2.24, 2.45) is 5.92 Å². The third-order valence-electron chi connectivity index (χ3n) is 6.12. The molecule has 7 heteroatoms. The fourth-order valence-electron chi connectivity index (χ4n) is 4.15. The van der Waals surface area contributed by atoms with Crippen molar-refractivity contribution in [2.45, 2.75) is 67.2 Å². The molecule has 0 aliphatic heterocycles. The summed E-state index contributed by atoms with van der Waals surface area (Å²) >= 11 is 0. The first-order valence-corrected chi connectivity index (χ1v) is 13.0. The highest BCUT2D eigenvalue weighted by Crippen LogP contribution is 2.28. The Labute approximate surface area is 221 Å². The summed E-state index contributed by atoms with van der Waals surface area (Å²) in [5.41, 5.74) is 5.67. The molecule has 3 rings (SSSR count). The van der Waals surface area contributed by atoms with E-state index in [1.54, 1.807) is 9.58 Å². The Bertz CT molecular complexity index is 1250. The van der Waals surface area contributed by atoms with E-state index >= 15 is 0 Å². The summed E-state index contributed by atoms with van der Waals surface area (Å²) in [7, 11) is 0. The third kappa shape index (κ3) is 7.44. The van der Waals surface area contributed by atoms with Gasteiger partial charge in [-0.15, -0.1) is 0 Å².